The Morgan fingerprint density at radius 1 is 1.50 bits per heavy atom. The minimum Gasteiger partial charge on any atom is -0.462 e. The van der Waals surface area contributed by atoms with Gasteiger partial charge in [-0.3, -0.25) is 5.10 Å². The number of hydrogen-bond donors (Lipinski definition) is 2. The second-order valence-corrected chi connectivity index (χ2v) is 4.33. The highest BCUT2D eigenvalue weighted by Crippen LogP contribution is 2.16. The molecule has 0 bridgehead atoms. The van der Waals surface area contributed by atoms with E-state index < -0.39 is 0 Å². The van der Waals surface area contributed by atoms with Crippen molar-refractivity contribution >= 4 is 5.97 Å². The van der Waals surface area contributed by atoms with Crippen molar-refractivity contribution in [3.8, 4) is 0 Å². The highest BCUT2D eigenvalue weighted by atomic mass is 16.5. The Kier molecular flexibility index (Phi) is 7.10. The van der Waals surface area contributed by atoms with Crippen LogP contribution in [0.3, 0.4) is 0 Å². The number of ether oxygens (including phenoxy) is 1. The highest BCUT2D eigenvalue weighted by molar-refractivity contribution is 5.88. The van der Waals surface area contributed by atoms with Crippen LogP contribution in [0.15, 0.2) is 12.4 Å². The first kappa shape index (κ1) is 14.7. The van der Waals surface area contributed by atoms with Gasteiger partial charge in [-0.05, 0) is 26.8 Å². The van der Waals surface area contributed by atoms with Gasteiger partial charge in [0, 0.05) is 12.2 Å². The van der Waals surface area contributed by atoms with Crippen LogP contribution in [0, 0.1) is 0 Å². The van der Waals surface area contributed by atoms with E-state index in [2.05, 4.69) is 27.3 Å². The average Bonchev–Trinajstić information content (AvgIpc) is 2.95. The number of nitrogens with one attached hydrogen (secondary N) is 2. The van der Waals surface area contributed by atoms with Crippen molar-refractivity contribution in [1.82, 2.24) is 15.5 Å². The van der Waals surface area contributed by atoms with Crippen molar-refractivity contribution in [2.45, 2.75) is 45.1 Å². The van der Waals surface area contributed by atoms with Gasteiger partial charge >= 0.3 is 5.97 Å². The Bertz CT molecular complexity index is 319. The number of carbonyl (C=O) groups is 1. The third-order valence-corrected chi connectivity index (χ3v) is 3.02. The molecule has 5 nitrogen and oxygen atoms in total. The van der Waals surface area contributed by atoms with E-state index >= 15 is 0 Å². The maximum Gasteiger partial charge on any atom is 0.341 e. The Morgan fingerprint density at radius 2 is 2.22 bits per heavy atom. The molecule has 0 atom stereocenters. The van der Waals surface area contributed by atoms with Crippen LogP contribution in [0.2, 0.25) is 0 Å². The van der Waals surface area contributed by atoms with Gasteiger partial charge in [0.1, 0.15) is 0 Å². The van der Waals surface area contributed by atoms with E-state index in [9.17, 15) is 4.79 Å². The van der Waals surface area contributed by atoms with Gasteiger partial charge in [0.25, 0.3) is 0 Å². The van der Waals surface area contributed by atoms with Crippen molar-refractivity contribution in [3.63, 3.8) is 0 Å². The zero-order valence-electron chi connectivity index (χ0n) is 11.2. The Balaban J connectivity index is 0.000000184. The molecule has 0 saturated heterocycles. The Labute approximate surface area is 108 Å². The minimum atomic E-state index is -0.337. The summed E-state index contributed by atoms with van der Waals surface area (Å²) >= 11 is 0. The quantitative estimate of drug-likeness (QED) is 0.810. The summed E-state index contributed by atoms with van der Waals surface area (Å²) in [6.07, 6.45) is 10.1. The largest absolute Gasteiger partial charge is 0.462 e. The summed E-state index contributed by atoms with van der Waals surface area (Å²) in [4.78, 5) is 10.8. The van der Waals surface area contributed by atoms with Gasteiger partial charge in [0.15, 0.2) is 0 Å². The monoisotopic (exact) mass is 253 g/mol. The number of hydrogen-bond acceptors (Lipinski definition) is 4. The molecule has 0 aliphatic heterocycles. The summed E-state index contributed by atoms with van der Waals surface area (Å²) in [7, 11) is 2.07. The molecule has 1 fully saturated rings. The molecule has 18 heavy (non-hydrogen) atoms. The maximum atomic E-state index is 10.8. The van der Waals surface area contributed by atoms with Gasteiger partial charge < -0.3 is 10.1 Å². The Morgan fingerprint density at radius 3 is 2.67 bits per heavy atom. The summed E-state index contributed by atoms with van der Waals surface area (Å²) in [5.41, 5.74) is 0.460. The lowest BCUT2D eigenvalue weighted by Crippen LogP contribution is -2.26. The number of H-pyrrole nitrogens is 1. The fourth-order valence-corrected chi connectivity index (χ4v) is 1.97. The van der Waals surface area contributed by atoms with Gasteiger partial charge in [-0.2, -0.15) is 5.10 Å². The van der Waals surface area contributed by atoms with E-state index in [4.69, 9.17) is 0 Å². The molecule has 102 valence electrons. The molecule has 1 aliphatic rings. The number of carbonyl (C=O) groups excluding carboxylic acids is 1. The van der Waals surface area contributed by atoms with Crippen LogP contribution in [0.25, 0.3) is 0 Å². The van der Waals surface area contributed by atoms with E-state index in [0.717, 1.165) is 6.04 Å². The number of nitrogens with zero attached hydrogens (tertiary/aromatic N) is 1. The molecule has 1 heterocycles. The van der Waals surface area contributed by atoms with Crippen molar-refractivity contribution in [3.05, 3.63) is 18.0 Å². The molecule has 5 heteroatoms. The highest BCUT2D eigenvalue weighted by Gasteiger charge is 2.09. The maximum absolute atomic E-state index is 10.8. The van der Waals surface area contributed by atoms with E-state index in [1.54, 1.807) is 6.92 Å². The lowest BCUT2D eigenvalue weighted by molar-refractivity contribution is 0.0526. The first-order valence-electron chi connectivity index (χ1n) is 6.61. The number of aromatic amines is 1. The summed E-state index contributed by atoms with van der Waals surface area (Å²) < 4.78 is 4.69. The van der Waals surface area contributed by atoms with E-state index in [0.29, 0.717) is 12.2 Å². The molecule has 1 aromatic rings. The van der Waals surface area contributed by atoms with Crippen LogP contribution >= 0.6 is 0 Å². The van der Waals surface area contributed by atoms with E-state index in [1.807, 2.05) is 0 Å². The third-order valence-electron chi connectivity index (χ3n) is 3.02. The molecule has 1 saturated carbocycles. The van der Waals surface area contributed by atoms with E-state index in [-0.39, 0.29) is 5.97 Å². The molecule has 2 N–H and O–H groups in total. The molecule has 0 aromatic carbocycles. The van der Waals surface area contributed by atoms with Crippen molar-refractivity contribution in [1.29, 1.82) is 0 Å². The number of rotatable bonds is 3. The average molecular weight is 253 g/mol. The predicted octanol–water partition coefficient (Wildman–Crippen LogP) is 2.12. The smallest absolute Gasteiger partial charge is 0.341 e. The lowest BCUT2D eigenvalue weighted by atomic mass is 9.96. The normalized spacial score (nSPS) is 15.7. The fourth-order valence-electron chi connectivity index (χ4n) is 1.97. The second-order valence-electron chi connectivity index (χ2n) is 4.33. The van der Waals surface area contributed by atoms with Crippen LogP contribution in [0.5, 0.6) is 0 Å². The summed E-state index contributed by atoms with van der Waals surface area (Å²) in [6, 6.07) is 0.837. The van der Waals surface area contributed by atoms with Crippen LogP contribution < -0.4 is 5.32 Å². The molecular weight excluding hydrogens is 230 g/mol. The van der Waals surface area contributed by atoms with Crippen molar-refractivity contribution in [2.24, 2.45) is 0 Å². The molecule has 0 radical (unpaired) electrons. The minimum absolute atomic E-state index is 0.337. The van der Waals surface area contributed by atoms with Gasteiger partial charge in [0.2, 0.25) is 0 Å². The molecule has 1 aromatic heterocycles. The molecule has 2 rings (SSSR count). The first-order valence-corrected chi connectivity index (χ1v) is 6.61. The summed E-state index contributed by atoms with van der Waals surface area (Å²) in [5.74, 6) is -0.337. The standard InChI is InChI=1S/C7H15N.C6H8N2O2/c1-8-7-5-3-2-4-6-7;1-2-10-6(9)5-3-7-8-4-5/h7-8H,2-6H2,1H3;3-4H,2H2,1H3,(H,7,8). The Hall–Kier alpha value is -1.36. The predicted molar refractivity (Wildman–Crippen MR) is 70.5 cm³/mol. The van der Waals surface area contributed by atoms with E-state index in [1.165, 1.54) is 44.5 Å². The number of esters is 1. The summed E-state index contributed by atoms with van der Waals surface area (Å²) in [6.45, 7) is 2.15. The van der Waals surface area contributed by atoms with Crippen molar-refractivity contribution in [2.75, 3.05) is 13.7 Å². The molecule has 0 amide bonds. The fraction of sp³-hybridized carbons (Fsp3) is 0.692. The SMILES string of the molecule is CCOC(=O)c1cn[nH]c1.CNC1CCCCC1. The molecule has 0 spiro atoms. The third kappa shape index (κ3) is 5.31. The van der Waals surface area contributed by atoms with Gasteiger partial charge in [-0.25, -0.2) is 4.79 Å². The molecule has 1 aliphatic carbocycles. The van der Waals surface area contributed by atoms with Crippen molar-refractivity contribution < 1.29 is 9.53 Å². The van der Waals surface area contributed by atoms with Crippen LogP contribution in [-0.2, 0) is 4.74 Å². The second kappa shape index (κ2) is 8.69. The van der Waals surface area contributed by atoms with Crippen LogP contribution in [0.1, 0.15) is 49.4 Å². The summed E-state index contributed by atoms with van der Waals surface area (Å²) in [5, 5.41) is 9.42. The van der Waals surface area contributed by atoms with Crippen LogP contribution in [0.4, 0.5) is 0 Å². The van der Waals surface area contributed by atoms with Gasteiger partial charge in [-0.1, -0.05) is 19.3 Å². The topological polar surface area (TPSA) is 67.0 Å². The molecule has 0 unspecified atom stereocenters. The molecular formula is C13H23N3O2. The van der Waals surface area contributed by atoms with Gasteiger partial charge in [0.05, 0.1) is 18.4 Å². The number of aromatic nitrogens is 2. The lowest BCUT2D eigenvalue weighted by Gasteiger charge is -2.20. The zero-order chi connectivity index (χ0) is 13.2. The van der Waals surface area contributed by atoms with Crippen LogP contribution in [-0.4, -0.2) is 35.9 Å². The van der Waals surface area contributed by atoms with Gasteiger partial charge in [-0.15, -0.1) is 0 Å². The first-order chi connectivity index (χ1) is 8.77. The zero-order valence-corrected chi connectivity index (χ0v) is 11.2.